The zero-order valence-corrected chi connectivity index (χ0v) is 20.9. The lowest BCUT2D eigenvalue weighted by molar-refractivity contribution is 0.0602. The molecule has 0 aliphatic rings. The van der Waals surface area contributed by atoms with E-state index in [0.29, 0.717) is 27.8 Å². The quantitative estimate of drug-likeness (QED) is 0.295. The van der Waals surface area contributed by atoms with Gasteiger partial charge in [0.05, 0.1) is 52.7 Å². The van der Waals surface area contributed by atoms with Gasteiger partial charge in [0.25, 0.3) is 5.91 Å². The number of hydrogen-bond acceptors (Lipinski definition) is 5. The van der Waals surface area contributed by atoms with Crippen molar-refractivity contribution >= 4 is 28.5 Å². The third kappa shape index (κ3) is 4.59. The Hall–Kier alpha value is -4.78. The summed E-state index contributed by atoms with van der Waals surface area (Å²) in [6, 6.07) is 24.3. The number of fused-ring (bicyclic) bond motifs is 1. The van der Waals surface area contributed by atoms with Crippen molar-refractivity contribution in [3.05, 3.63) is 107 Å². The van der Waals surface area contributed by atoms with E-state index in [1.807, 2.05) is 48.0 Å². The zero-order chi connectivity index (χ0) is 25.9. The molecule has 0 spiro atoms. The molecule has 1 amide bonds. The fourth-order valence-corrected chi connectivity index (χ4v) is 4.37. The average Bonchev–Trinajstić information content (AvgIpc) is 3.33. The normalized spacial score (nSPS) is 10.9. The number of ether oxygens (including phenoxy) is 1. The Labute approximate surface area is 214 Å². The molecule has 0 aliphatic heterocycles. The lowest BCUT2D eigenvalue weighted by atomic mass is 10.0. The monoisotopic (exact) mass is 490 g/mol. The maximum absolute atomic E-state index is 13.5. The summed E-state index contributed by atoms with van der Waals surface area (Å²) in [4.78, 5) is 30.6. The van der Waals surface area contributed by atoms with Crippen LogP contribution in [0.1, 0.15) is 38.9 Å². The van der Waals surface area contributed by atoms with Gasteiger partial charge in [0, 0.05) is 10.9 Å². The average molecular weight is 491 g/mol. The van der Waals surface area contributed by atoms with Crippen molar-refractivity contribution in [3.8, 4) is 16.9 Å². The number of nitrogens with zero attached hydrogens (tertiary/aromatic N) is 3. The van der Waals surface area contributed by atoms with Gasteiger partial charge in [-0.1, -0.05) is 49.4 Å². The Morgan fingerprint density at radius 2 is 1.68 bits per heavy atom. The second kappa shape index (κ2) is 10.1. The highest BCUT2D eigenvalue weighted by Crippen LogP contribution is 2.29. The van der Waals surface area contributed by atoms with E-state index in [0.717, 1.165) is 23.4 Å². The fraction of sp³-hybridized carbons (Fsp3) is 0.133. The minimum atomic E-state index is -0.522. The first-order valence-electron chi connectivity index (χ1n) is 12.0. The number of aryl methyl sites for hydroxylation is 1. The molecule has 2 heterocycles. The Bertz CT molecular complexity index is 1620. The molecular formula is C30H26N4O3. The number of aromatic nitrogens is 3. The number of carbonyl (C=O) groups excluding carboxylic acids is 2. The molecular weight excluding hydrogens is 464 g/mol. The lowest BCUT2D eigenvalue weighted by Gasteiger charge is -2.13. The van der Waals surface area contributed by atoms with Crippen LogP contribution in [0.5, 0.6) is 0 Å². The summed E-state index contributed by atoms with van der Waals surface area (Å²) in [6.07, 6.45) is 2.74. The molecule has 5 aromatic rings. The van der Waals surface area contributed by atoms with Gasteiger partial charge in [0.15, 0.2) is 0 Å². The first-order chi connectivity index (χ1) is 18.0. The number of rotatable bonds is 6. The van der Waals surface area contributed by atoms with Gasteiger partial charge in [0.2, 0.25) is 0 Å². The molecule has 0 saturated heterocycles. The van der Waals surface area contributed by atoms with Crippen molar-refractivity contribution in [3.63, 3.8) is 0 Å². The summed E-state index contributed by atoms with van der Waals surface area (Å²) in [5, 5.41) is 8.19. The molecule has 1 N–H and O–H groups in total. The van der Waals surface area contributed by atoms with Gasteiger partial charge < -0.3 is 10.1 Å². The number of anilines is 1. The van der Waals surface area contributed by atoms with Gasteiger partial charge >= 0.3 is 5.97 Å². The topological polar surface area (TPSA) is 86.1 Å². The number of methoxy groups -OCH3 is 1. The maximum Gasteiger partial charge on any atom is 0.339 e. The van der Waals surface area contributed by atoms with Crippen LogP contribution < -0.4 is 5.32 Å². The van der Waals surface area contributed by atoms with Gasteiger partial charge in [-0.25, -0.2) is 14.5 Å². The van der Waals surface area contributed by atoms with Crippen LogP contribution in [0.25, 0.3) is 27.8 Å². The fourth-order valence-electron chi connectivity index (χ4n) is 4.37. The molecule has 0 bridgehead atoms. The van der Waals surface area contributed by atoms with Crippen LogP contribution in [-0.4, -0.2) is 33.8 Å². The van der Waals surface area contributed by atoms with E-state index in [-0.39, 0.29) is 11.5 Å². The summed E-state index contributed by atoms with van der Waals surface area (Å²) in [6.45, 7) is 4.11. The van der Waals surface area contributed by atoms with Crippen LogP contribution in [0.15, 0.2) is 85.1 Å². The summed E-state index contributed by atoms with van der Waals surface area (Å²) < 4.78 is 6.74. The molecule has 7 heteroatoms. The number of para-hydroxylation sites is 2. The number of amides is 1. The van der Waals surface area contributed by atoms with Crippen molar-refractivity contribution < 1.29 is 14.3 Å². The third-order valence-electron chi connectivity index (χ3n) is 6.42. The van der Waals surface area contributed by atoms with Gasteiger partial charge in [0.1, 0.15) is 0 Å². The number of pyridine rings is 1. The largest absolute Gasteiger partial charge is 0.465 e. The lowest BCUT2D eigenvalue weighted by Crippen LogP contribution is -2.16. The number of carbonyl (C=O) groups is 2. The Morgan fingerprint density at radius 1 is 0.946 bits per heavy atom. The molecule has 7 nitrogen and oxygen atoms in total. The van der Waals surface area contributed by atoms with Crippen molar-refractivity contribution in [1.29, 1.82) is 0 Å². The van der Waals surface area contributed by atoms with Crippen LogP contribution >= 0.6 is 0 Å². The van der Waals surface area contributed by atoms with Crippen molar-refractivity contribution in [2.75, 3.05) is 12.4 Å². The van der Waals surface area contributed by atoms with Crippen molar-refractivity contribution in [1.82, 2.24) is 14.8 Å². The van der Waals surface area contributed by atoms with E-state index in [4.69, 9.17) is 9.72 Å². The van der Waals surface area contributed by atoms with Crippen LogP contribution in [0.2, 0.25) is 0 Å². The molecule has 37 heavy (non-hydrogen) atoms. The summed E-state index contributed by atoms with van der Waals surface area (Å²) in [5.74, 6) is -0.873. The molecule has 5 rings (SSSR count). The molecule has 0 unspecified atom stereocenters. The predicted octanol–water partition coefficient (Wildman–Crippen LogP) is 6.00. The van der Waals surface area contributed by atoms with Crippen LogP contribution in [0.4, 0.5) is 5.69 Å². The zero-order valence-electron chi connectivity index (χ0n) is 20.9. The molecule has 0 fully saturated rings. The Balaban J connectivity index is 1.57. The van der Waals surface area contributed by atoms with E-state index >= 15 is 0 Å². The minimum absolute atomic E-state index is 0.281. The molecule has 184 valence electrons. The molecule has 2 aromatic heterocycles. The van der Waals surface area contributed by atoms with Crippen LogP contribution in [0, 0.1) is 6.92 Å². The molecule has 0 saturated carbocycles. The SMILES string of the molecule is CCc1ccc(-n2ncc(-c3cc(C(=O)Nc4ccccc4C(=O)OC)c4ccccc4n3)c2C)cc1. The van der Waals surface area contributed by atoms with Gasteiger partial charge in [-0.3, -0.25) is 4.79 Å². The van der Waals surface area contributed by atoms with E-state index in [2.05, 4.69) is 29.5 Å². The van der Waals surface area contributed by atoms with Gasteiger partial charge in [-0.2, -0.15) is 5.10 Å². The molecule has 0 aliphatic carbocycles. The highest BCUT2D eigenvalue weighted by Gasteiger charge is 2.19. The van der Waals surface area contributed by atoms with Crippen molar-refractivity contribution in [2.24, 2.45) is 0 Å². The Kier molecular flexibility index (Phi) is 6.51. The number of esters is 1. The summed E-state index contributed by atoms with van der Waals surface area (Å²) >= 11 is 0. The third-order valence-corrected chi connectivity index (χ3v) is 6.42. The van der Waals surface area contributed by atoms with E-state index in [1.165, 1.54) is 12.7 Å². The maximum atomic E-state index is 13.5. The minimum Gasteiger partial charge on any atom is -0.465 e. The van der Waals surface area contributed by atoms with Gasteiger partial charge in [-0.15, -0.1) is 0 Å². The second-order valence-electron chi connectivity index (χ2n) is 8.64. The standard InChI is InChI=1S/C30H26N4O3/c1-4-20-13-15-21(16-14-20)34-19(2)25(18-31-34)28-17-24(22-9-5-7-11-26(22)32-28)29(35)33-27-12-8-6-10-23(27)30(36)37-3/h5-18H,4H2,1-3H3,(H,33,35). The Morgan fingerprint density at radius 3 is 2.43 bits per heavy atom. The first kappa shape index (κ1) is 23.9. The van der Waals surface area contributed by atoms with E-state index in [9.17, 15) is 9.59 Å². The summed E-state index contributed by atoms with van der Waals surface area (Å²) in [5.41, 5.74) is 6.38. The first-order valence-corrected chi connectivity index (χ1v) is 12.0. The number of benzene rings is 3. The van der Waals surface area contributed by atoms with Crippen LogP contribution in [0.3, 0.4) is 0 Å². The van der Waals surface area contributed by atoms with Crippen LogP contribution in [-0.2, 0) is 11.2 Å². The smallest absolute Gasteiger partial charge is 0.339 e. The number of hydrogen-bond donors (Lipinski definition) is 1. The summed E-state index contributed by atoms with van der Waals surface area (Å²) in [7, 11) is 1.31. The highest BCUT2D eigenvalue weighted by molar-refractivity contribution is 6.14. The predicted molar refractivity (Wildman–Crippen MR) is 144 cm³/mol. The van der Waals surface area contributed by atoms with E-state index in [1.54, 1.807) is 36.5 Å². The molecule has 0 atom stereocenters. The van der Waals surface area contributed by atoms with Gasteiger partial charge in [-0.05, 0) is 55.3 Å². The van der Waals surface area contributed by atoms with E-state index < -0.39 is 5.97 Å². The van der Waals surface area contributed by atoms with Crippen molar-refractivity contribution in [2.45, 2.75) is 20.3 Å². The highest BCUT2D eigenvalue weighted by atomic mass is 16.5. The molecule has 3 aromatic carbocycles. The molecule has 0 radical (unpaired) electrons. The number of nitrogens with one attached hydrogen (secondary N) is 1. The second-order valence-corrected chi connectivity index (χ2v) is 8.64.